The minimum atomic E-state index is -0.962. The molecule has 1 radical (unpaired) electrons. The fourth-order valence-electron chi connectivity index (χ4n) is 0.282. The summed E-state index contributed by atoms with van der Waals surface area (Å²) in [5.41, 5.74) is 0. The number of carbonyl (C=O) groups excluding carboxylic acids is 1. The number of ether oxygens (including phenoxy) is 1. The van der Waals surface area contributed by atoms with Gasteiger partial charge >= 0.3 is 11.9 Å². The summed E-state index contributed by atoms with van der Waals surface area (Å²) in [6, 6.07) is 0. The van der Waals surface area contributed by atoms with Gasteiger partial charge in [-0.1, -0.05) is 0 Å². The third kappa shape index (κ3) is 10.4. The number of aliphatic carboxylic acids is 1. The summed E-state index contributed by atoms with van der Waals surface area (Å²) in [7, 11) is 0. The van der Waals surface area contributed by atoms with E-state index in [0.29, 0.717) is 0 Å². The van der Waals surface area contributed by atoms with E-state index in [1.54, 1.807) is 0 Å². The number of rotatable bonds is 3. The first-order valence-corrected chi connectivity index (χ1v) is 2.48. The number of carboxylic acid groups (broad SMARTS) is 1. The number of hydrogen-bond donors (Lipinski definition) is 1. The second kappa shape index (κ2) is 6.58. The predicted octanol–water partition coefficient (Wildman–Crippen LogP) is 0.0217. The van der Waals surface area contributed by atoms with E-state index >= 15 is 0 Å². The van der Waals surface area contributed by atoms with Gasteiger partial charge in [-0.25, -0.2) is 0 Å². The standard InChI is InChI=1S/C5H8O4.Cu/c1-4(6)9-3-2-5(7)8;/h2-3H2,1H3,(H,7,8);. The Hall–Kier alpha value is -0.541. The van der Waals surface area contributed by atoms with Crippen molar-refractivity contribution in [1.29, 1.82) is 0 Å². The number of esters is 1. The predicted molar refractivity (Wildman–Crippen MR) is 28.9 cm³/mol. The maximum Gasteiger partial charge on any atom is 0.306 e. The van der Waals surface area contributed by atoms with Crippen LogP contribution < -0.4 is 0 Å². The second-order valence-corrected chi connectivity index (χ2v) is 1.48. The van der Waals surface area contributed by atoms with Gasteiger partial charge in [-0.3, -0.25) is 9.59 Å². The summed E-state index contributed by atoms with van der Waals surface area (Å²) in [4.78, 5) is 19.8. The topological polar surface area (TPSA) is 63.6 Å². The second-order valence-electron chi connectivity index (χ2n) is 1.48. The molecule has 63 valence electrons. The van der Waals surface area contributed by atoms with E-state index in [0.717, 1.165) is 0 Å². The van der Waals surface area contributed by atoms with E-state index in [1.807, 2.05) is 0 Å². The average molecular weight is 196 g/mol. The Labute approximate surface area is 69.0 Å². The molecule has 0 amide bonds. The molecular weight excluding hydrogens is 188 g/mol. The summed E-state index contributed by atoms with van der Waals surface area (Å²) in [6.45, 7) is 1.20. The molecule has 0 fully saturated rings. The molecule has 0 saturated carbocycles. The number of carbonyl (C=O) groups is 2. The van der Waals surface area contributed by atoms with Crippen LogP contribution in [0.25, 0.3) is 0 Å². The Morgan fingerprint density at radius 1 is 1.50 bits per heavy atom. The van der Waals surface area contributed by atoms with Gasteiger partial charge in [-0.15, -0.1) is 0 Å². The molecular formula is C5H8CuO4. The fraction of sp³-hybridized carbons (Fsp3) is 0.600. The first-order valence-electron chi connectivity index (χ1n) is 2.48. The average Bonchev–Trinajstić information content (AvgIpc) is 1.63. The zero-order valence-electron chi connectivity index (χ0n) is 5.39. The molecule has 4 nitrogen and oxygen atoms in total. The molecule has 0 bridgehead atoms. The van der Waals surface area contributed by atoms with Gasteiger partial charge in [0.1, 0.15) is 6.61 Å². The SMILES string of the molecule is CC(=O)OCCC(=O)O.[Cu]. The summed E-state index contributed by atoms with van der Waals surface area (Å²) in [5.74, 6) is -1.41. The van der Waals surface area contributed by atoms with Crippen LogP contribution in [0.4, 0.5) is 0 Å². The van der Waals surface area contributed by atoms with Crippen LogP contribution in [0.15, 0.2) is 0 Å². The molecule has 10 heavy (non-hydrogen) atoms. The first-order chi connectivity index (χ1) is 4.13. The quantitative estimate of drug-likeness (QED) is 0.510. The van der Waals surface area contributed by atoms with Gasteiger partial charge < -0.3 is 9.84 Å². The molecule has 0 aliphatic heterocycles. The van der Waals surface area contributed by atoms with Crippen LogP contribution in [0.2, 0.25) is 0 Å². The Morgan fingerprint density at radius 3 is 2.30 bits per heavy atom. The van der Waals surface area contributed by atoms with E-state index in [4.69, 9.17) is 5.11 Å². The third-order valence-electron chi connectivity index (χ3n) is 0.621. The van der Waals surface area contributed by atoms with Gasteiger partial charge in [0.25, 0.3) is 0 Å². The first kappa shape index (κ1) is 12.2. The molecule has 1 N–H and O–H groups in total. The van der Waals surface area contributed by atoms with Crippen LogP contribution in [-0.2, 0) is 31.4 Å². The Bertz CT molecular complexity index is 109. The van der Waals surface area contributed by atoms with Crippen LogP contribution in [0.3, 0.4) is 0 Å². The Balaban J connectivity index is 0. The van der Waals surface area contributed by atoms with Crippen LogP contribution in [0.5, 0.6) is 0 Å². The maximum atomic E-state index is 10.0. The van der Waals surface area contributed by atoms with E-state index in [9.17, 15) is 9.59 Å². The molecule has 0 unspecified atom stereocenters. The summed E-state index contributed by atoms with van der Waals surface area (Å²) < 4.78 is 4.33. The summed E-state index contributed by atoms with van der Waals surface area (Å²) in [6.07, 6.45) is -0.125. The fourth-order valence-corrected chi connectivity index (χ4v) is 0.282. The van der Waals surface area contributed by atoms with Crippen LogP contribution in [0, 0.1) is 0 Å². The van der Waals surface area contributed by atoms with Gasteiger partial charge in [-0.05, 0) is 0 Å². The molecule has 0 aliphatic rings. The molecule has 0 saturated heterocycles. The minimum Gasteiger partial charge on any atom is -0.481 e. The van der Waals surface area contributed by atoms with Gasteiger partial charge in [-0.2, -0.15) is 0 Å². The van der Waals surface area contributed by atoms with Crippen molar-refractivity contribution in [2.45, 2.75) is 13.3 Å². The van der Waals surface area contributed by atoms with Crippen molar-refractivity contribution in [3.8, 4) is 0 Å². The van der Waals surface area contributed by atoms with Crippen molar-refractivity contribution in [3.63, 3.8) is 0 Å². The van der Waals surface area contributed by atoms with Gasteiger partial charge in [0.05, 0.1) is 6.42 Å². The minimum absolute atomic E-state index is 0. The zero-order valence-corrected chi connectivity index (χ0v) is 6.33. The van der Waals surface area contributed by atoms with Crippen molar-refractivity contribution in [2.75, 3.05) is 6.61 Å². The summed E-state index contributed by atoms with van der Waals surface area (Å²) in [5, 5.41) is 8.04. The van der Waals surface area contributed by atoms with Crippen molar-refractivity contribution >= 4 is 11.9 Å². The largest absolute Gasteiger partial charge is 0.481 e. The van der Waals surface area contributed by atoms with Crippen LogP contribution >= 0.6 is 0 Å². The van der Waals surface area contributed by atoms with E-state index < -0.39 is 11.9 Å². The van der Waals surface area contributed by atoms with Crippen molar-refractivity contribution in [3.05, 3.63) is 0 Å². The van der Waals surface area contributed by atoms with Gasteiger partial charge in [0.15, 0.2) is 0 Å². The molecule has 0 aromatic heterocycles. The molecule has 5 heteroatoms. The van der Waals surface area contributed by atoms with Crippen molar-refractivity contribution < 1.29 is 36.5 Å². The number of carboxylic acids is 1. The molecule has 0 heterocycles. The van der Waals surface area contributed by atoms with Gasteiger partial charge in [0.2, 0.25) is 0 Å². The van der Waals surface area contributed by atoms with Crippen LogP contribution in [0.1, 0.15) is 13.3 Å². The van der Waals surface area contributed by atoms with E-state index in [2.05, 4.69) is 4.74 Å². The zero-order chi connectivity index (χ0) is 7.28. The molecule has 0 aliphatic carbocycles. The van der Waals surface area contributed by atoms with Crippen LogP contribution in [-0.4, -0.2) is 23.7 Å². The monoisotopic (exact) mass is 195 g/mol. The third-order valence-corrected chi connectivity index (χ3v) is 0.621. The van der Waals surface area contributed by atoms with Crippen molar-refractivity contribution in [2.24, 2.45) is 0 Å². The van der Waals surface area contributed by atoms with E-state index in [1.165, 1.54) is 6.92 Å². The number of hydrogen-bond acceptors (Lipinski definition) is 3. The van der Waals surface area contributed by atoms with Crippen molar-refractivity contribution in [1.82, 2.24) is 0 Å². The Morgan fingerprint density at radius 2 is 2.00 bits per heavy atom. The normalized spacial score (nSPS) is 7.70. The Kier molecular flexibility index (Phi) is 8.00. The smallest absolute Gasteiger partial charge is 0.306 e. The molecule has 0 rings (SSSR count). The van der Waals surface area contributed by atoms with E-state index in [-0.39, 0.29) is 30.1 Å². The maximum absolute atomic E-state index is 10.0. The molecule has 0 spiro atoms. The molecule has 0 aromatic carbocycles. The molecule has 0 atom stereocenters. The molecule has 0 aromatic rings. The van der Waals surface area contributed by atoms with Gasteiger partial charge in [0, 0.05) is 24.0 Å². The summed E-state index contributed by atoms with van der Waals surface area (Å²) >= 11 is 0.